The lowest BCUT2D eigenvalue weighted by atomic mass is 9.99. The number of piperazine rings is 3. The van der Waals surface area contributed by atoms with E-state index in [2.05, 4.69) is 9.80 Å². The Balaban J connectivity index is 1.71. The molecule has 0 aliphatic carbocycles. The molecule has 126 valence electrons. The van der Waals surface area contributed by atoms with Crippen molar-refractivity contribution in [2.24, 2.45) is 0 Å². The number of benzene rings is 1. The average Bonchev–Trinajstić information content (AvgIpc) is 2.58. The predicted molar refractivity (Wildman–Crippen MR) is 89.3 cm³/mol. The van der Waals surface area contributed by atoms with Gasteiger partial charge < -0.3 is 9.47 Å². The molecule has 0 saturated carbocycles. The first-order valence-corrected chi connectivity index (χ1v) is 8.29. The normalized spacial score (nSPS) is 26.2. The quantitative estimate of drug-likeness (QED) is 0.792. The van der Waals surface area contributed by atoms with Crippen molar-refractivity contribution in [3.8, 4) is 5.75 Å². The fraction of sp³-hybridized carbons (Fsp3) is 0.611. The van der Waals surface area contributed by atoms with Crippen LogP contribution in [0.2, 0.25) is 0 Å². The molecule has 1 aromatic carbocycles. The highest BCUT2D eigenvalue weighted by Gasteiger charge is 2.32. The van der Waals surface area contributed by atoms with E-state index in [4.69, 9.17) is 9.47 Å². The van der Waals surface area contributed by atoms with Gasteiger partial charge >= 0.3 is 5.97 Å². The summed E-state index contributed by atoms with van der Waals surface area (Å²) in [6, 6.07) is 2.19. The van der Waals surface area contributed by atoms with Gasteiger partial charge in [0.15, 0.2) is 0 Å². The maximum atomic E-state index is 12.6. The average molecular weight is 318 g/mol. The number of ether oxygens (including phenoxy) is 2. The highest BCUT2D eigenvalue weighted by molar-refractivity contribution is 5.93. The van der Waals surface area contributed by atoms with Crippen molar-refractivity contribution in [1.82, 2.24) is 9.80 Å². The second-order valence-electron chi connectivity index (χ2n) is 6.61. The second-order valence-corrected chi connectivity index (χ2v) is 6.61. The third kappa shape index (κ3) is 3.08. The summed E-state index contributed by atoms with van der Waals surface area (Å²) < 4.78 is 11.1. The Morgan fingerprint density at radius 3 is 2.43 bits per heavy atom. The smallest absolute Gasteiger partial charge is 0.341 e. The fourth-order valence-corrected chi connectivity index (χ4v) is 3.61. The van der Waals surface area contributed by atoms with Crippen molar-refractivity contribution >= 4 is 5.97 Å². The Morgan fingerprint density at radius 2 is 1.87 bits per heavy atom. The van der Waals surface area contributed by atoms with E-state index >= 15 is 0 Å². The van der Waals surface area contributed by atoms with Crippen LogP contribution in [0, 0.1) is 20.8 Å². The van der Waals surface area contributed by atoms with Crippen LogP contribution in [-0.4, -0.2) is 68.3 Å². The first kappa shape index (κ1) is 16.3. The van der Waals surface area contributed by atoms with Gasteiger partial charge in [0.2, 0.25) is 0 Å². The van der Waals surface area contributed by atoms with Crippen molar-refractivity contribution in [1.29, 1.82) is 0 Å². The molecule has 0 radical (unpaired) electrons. The van der Waals surface area contributed by atoms with Crippen molar-refractivity contribution in [2.75, 3.05) is 46.4 Å². The van der Waals surface area contributed by atoms with Gasteiger partial charge in [-0.3, -0.25) is 9.80 Å². The van der Waals surface area contributed by atoms with Crippen LogP contribution in [0.3, 0.4) is 0 Å². The molecule has 5 nitrogen and oxygen atoms in total. The Morgan fingerprint density at radius 1 is 1.17 bits per heavy atom. The van der Waals surface area contributed by atoms with E-state index in [1.165, 1.54) is 0 Å². The summed E-state index contributed by atoms with van der Waals surface area (Å²) in [4.78, 5) is 17.4. The minimum absolute atomic E-state index is 0.286. The summed E-state index contributed by atoms with van der Waals surface area (Å²) in [5.41, 5.74) is 3.78. The zero-order valence-corrected chi connectivity index (χ0v) is 14.5. The SMILES string of the molecule is COc1c(C(=O)OCC2CN3CCN2CC3)cc(C)c(C)c1C. The lowest BCUT2D eigenvalue weighted by Crippen LogP contribution is -2.62. The number of aryl methyl sites for hydroxylation is 1. The zero-order chi connectivity index (χ0) is 16.6. The van der Waals surface area contributed by atoms with E-state index in [-0.39, 0.29) is 5.97 Å². The molecule has 0 amide bonds. The molecule has 0 aromatic heterocycles. The van der Waals surface area contributed by atoms with Crippen molar-refractivity contribution < 1.29 is 14.3 Å². The van der Waals surface area contributed by atoms with Gasteiger partial charge in [0, 0.05) is 32.7 Å². The summed E-state index contributed by atoms with van der Waals surface area (Å²) in [6.45, 7) is 11.9. The van der Waals surface area contributed by atoms with Crippen LogP contribution in [0.5, 0.6) is 5.75 Å². The number of carbonyl (C=O) groups is 1. The molecular formula is C18H26N2O3. The molecule has 0 N–H and O–H groups in total. The topological polar surface area (TPSA) is 42.0 Å². The Labute approximate surface area is 138 Å². The number of carbonyl (C=O) groups excluding carboxylic acids is 1. The maximum absolute atomic E-state index is 12.6. The molecule has 1 aromatic rings. The van der Waals surface area contributed by atoms with E-state index in [1.807, 2.05) is 26.8 Å². The molecule has 0 spiro atoms. The fourth-order valence-electron chi connectivity index (χ4n) is 3.61. The minimum Gasteiger partial charge on any atom is -0.496 e. The molecular weight excluding hydrogens is 292 g/mol. The number of methoxy groups -OCH3 is 1. The molecule has 3 fully saturated rings. The first-order chi connectivity index (χ1) is 11.0. The van der Waals surface area contributed by atoms with Crippen LogP contribution < -0.4 is 4.74 Å². The standard InChI is InChI=1S/C18H26N2O3/c1-12-9-16(17(22-4)14(3)13(12)2)18(21)23-11-15-10-19-5-7-20(15)8-6-19/h9,15H,5-8,10-11H2,1-4H3. The Hall–Kier alpha value is -1.59. The molecule has 4 rings (SSSR count). The van der Waals surface area contributed by atoms with Gasteiger partial charge in [-0.1, -0.05) is 0 Å². The Bertz CT molecular complexity index is 607. The monoisotopic (exact) mass is 318 g/mol. The molecule has 1 unspecified atom stereocenters. The first-order valence-electron chi connectivity index (χ1n) is 8.29. The number of hydrogen-bond acceptors (Lipinski definition) is 5. The van der Waals surface area contributed by atoms with Crippen molar-refractivity contribution in [2.45, 2.75) is 26.8 Å². The molecule has 3 saturated heterocycles. The van der Waals surface area contributed by atoms with Gasteiger partial charge in [-0.25, -0.2) is 4.79 Å². The van der Waals surface area contributed by atoms with Crippen LogP contribution in [0.15, 0.2) is 6.07 Å². The van der Waals surface area contributed by atoms with Gasteiger partial charge in [0.1, 0.15) is 17.9 Å². The van der Waals surface area contributed by atoms with Crippen molar-refractivity contribution in [3.63, 3.8) is 0 Å². The largest absolute Gasteiger partial charge is 0.496 e. The summed E-state index contributed by atoms with van der Waals surface area (Å²) in [7, 11) is 1.60. The van der Waals surface area contributed by atoms with E-state index in [0.29, 0.717) is 24.0 Å². The van der Waals surface area contributed by atoms with E-state index in [1.54, 1.807) is 7.11 Å². The van der Waals surface area contributed by atoms with Gasteiger partial charge in [0.25, 0.3) is 0 Å². The molecule has 3 aliphatic rings. The van der Waals surface area contributed by atoms with Gasteiger partial charge in [0.05, 0.1) is 13.2 Å². The van der Waals surface area contributed by atoms with Crippen molar-refractivity contribution in [3.05, 3.63) is 28.3 Å². The van der Waals surface area contributed by atoms with Crippen LogP contribution in [-0.2, 0) is 4.74 Å². The number of esters is 1. The molecule has 1 atom stereocenters. The molecule has 23 heavy (non-hydrogen) atoms. The second kappa shape index (κ2) is 6.49. The third-order valence-corrected chi connectivity index (χ3v) is 5.32. The lowest BCUT2D eigenvalue weighted by molar-refractivity contribution is -0.0216. The van der Waals surface area contributed by atoms with Crippen LogP contribution in [0.1, 0.15) is 27.0 Å². The highest BCUT2D eigenvalue weighted by Crippen LogP contribution is 2.29. The maximum Gasteiger partial charge on any atom is 0.341 e. The van der Waals surface area contributed by atoms with Crippen LogP contribution in [0.25, 0.3) is 0 Å². The van der Waals surface area contributed by atoms with E-state index in [0.717, 1.165) is 49.4 Å². The number of hydrogen-bond donors (Lipinski definition) is 0. The number of rotatable bonds is 4. The number of fused-ring (bicyclic) bond motifs is 3. The summed E-state index contributed by atoms with van der Waals surface area (Å²) in [6.07, 6.45) is 0. The van der Waals surface area contributed by atoms with Crippen LogP contribution in [0.4, 0.5) is 0 Å². The van der Waals surface area contributed by atoms with Crippen LogP contribution >= 0.6 is 0 Å². The van der Waals surface area contributed by atoms with Gasteiger partial charge in [-0.05, 0) is 43.5 Å². The molecule has 5 heteroatoms. The summed E-state index contributed by atoms with van der Waals surface area (Å²) >= 11 is 0. The summed E-state index contributed by atoms with van der Waals surface area (Å²) in [5, 5.41) is 0. The minimum atomic E-state index is -0.286. The van der Waals surface area contributed by atoms with Gasteiger partial charge in [-0.15, -0.1) is 0 Å². The zero-order valence-electron chi connectivity index (χ0n) is 14.5. The van der Waals surface area contributed by atoms with E-state index < -0.39 is 0 Å². The summed E-state index contributed by atoms with van der Waals surface area (Å²) in [5.74, 6) is 0.345. The molecule has 2 bridgehead atoms. The highest BCUT2D eigenvalue weighted by atomic mass is 16.5. The predicted octanol–water partition coefficient (Wildman–Crippen LogP) is 1.78. The molecule has 3 heterocycles. The molecule has 3 aliphatic heterocycles. The Kier molecular flexibility index (Phi) is 4.60. The van der Waals surface area contributed by atoms with E-state index in [9.17, 15) is 4.79 Å². The number of nitrogens with zero attached hydrogens (tertiary/aromatic N) is 2. The third-order valence-electron chi connectivity index (χ3n) is 5.32. The van der Waals surface area contributed by atoms with Gasteiger partial charge in [-0.2, -0.15) is 0 Å². The lowest BCUT2D eigenvalue weighted by Gasteiger charge is -2.47.